The normalized spacial score (nSPS) is 14.3. The molecule has 0 atom stereocenters. The number of hydrogen-bond donors (Lipinski definition) is 0. The van der Waals surface area contributed by atoms with Crippen LogP contribution in [-0.2, 0) is 20.9 Å². The van der Waals surface area contributed by atoms with Crippen LogP contribution < -0.4 is 19.1 Å². The van der Waals surface area contributed by atoms with Gasteiger partial charge >= 0.3 is 5.97 Å². The molecule has 0 saturated heterocycles. The molecule has 1 aliphatic heterocycles. The number of carbonyl (C=O) groups is 2. The Kier molecular flexibility index (Phi) is 7.39. The first-order chi connectivity index (χ1) is 17.5. The van der Waals surface area contributed by atoms with Gasteiger partial charge in [0.1, 0.15) is 12.4 Å². The highest BCUT2D eigenvalue weighted by atomic mass is 16.5. The summed E-state index contributed by atoms with van der Waals surface area (Å²) >= 11 is 0. The van der Waals surface area contributed by atoms with Crippen molar-refractivity contribution in [1.82, 2.24) is 0 Å². The van der Waals surface area contributed by atoms with E-state index in [1.54, 1.807) is 63.6 Å². The summed E-state index contributed by atoms with van der Waals surface area (Å²) in [5, 5.41) is 0. The molecule has 1 heterocycles. The fourth-order valence-electron chi connectivity index (χ4n) is 4.02. The molecule has 3 aromatic carbocycles. The summed E-state index contributed by atoms with van der Waals surface area (Å²) < 4.78 is 21.7. The summed E-state index contributed by atoms with van der Waals surface area (Å²) in [4.78, 5) is 27.7. The SMILES string of the molecule is COC(=O)C1=C(C)N(c2ccc(OC)cc2)C(=O)/C1=C\c1ccc(OCc2ccccc2)c(OC)c1. The molecule has 0 saturated carbocycles. The average Bonchev–Trinajstić information content (AvgIpc) is 3.16. The maximum atomic E-state index is 13.5. The second-order valence-corrected chi connectivity index (χ2v) is 8.03. The second kappa shape index (κ2) is 10.8. The number of allylic oxidation sites excluding steroid dienone is 1. The van der Waals surface area contributed by atoms with E-state index in [9.17, 15) is 9.59 Å². The Bertz CT molecular complexity index is 1330. The van der Waals surface area contributed by atoms with Gasteiger partial charge in [0.15, 0.2) is 11.5 Å². The van der Waals surface area contributed by atoms with Gasteiger partial charge in [-0.15, -0.1) is 0 Å². The third kappa shape index (κ3) is 4.95. The summed E-state index contributed by atoms with van der Waals surface area (Å²) in [5.41, 5.74) is 3.25. The fraction of sp³-hybridized carbons (Fsp3) is 0.172. The maximum Gasteiger partial charge on any atom is 0.340 e. The van der Waals surface area contributed by atoms with Crippen LogP contribution >= 0.6 is 0 Å². The van der Waals surface area contributed by atoms with Crippen molar-refractivity contribution in [2.24, 2.45) is 0 Å². The van der Waals surface area contributed by atoms with Gasteiger partial charge in [-0.25, -0.2) is 4.79 Å². The van der Waals surface area contributed by atoms with E-state index in [2.05, 4.69) is 0 Å². The van der Waals surface area contributed by atoms with E-state index in [-0.39, 0.29) is 17.1 Å². The van der Waals surface area contributed by atoms with Crippen molar-refractivity contribution in [2.75, 3.05) is 26.2 Å². The molecule has 0 unspecified atom stereocenters. The van der Waals surface area contributed by atoms with Crippen LogP contribution in [0.5, 0.6) is 17.2 Å². The third-order valence-electron chi connectivity index (χ3n) is 5.86. The minimum absolute atomic E-state index is 0.210. The van der Waals surface area contributed by atoms with Crippen LogP contribution in [0.3, 0.4) is 0 Å². The molecule has 0 N–H and O–H groups in total. The average molecular weight is 486 g/mol. The first-order valence-corrected chi connectivity index (χ1v) is 11.3. The lowest BCUT2D eigenvalue weighted by Crippen LogP contribution is -2.24. The molecule has 0 radical (unpaired) electrons. The maximum absolute atomic E-state index is 13.5. The van der Waals surface area contributed by atoms with Crippen LogP contribution in [0, 0.1) is 0 Å². The number of anilines is 1. The molecule has 7 heteroatoms. The van der Waals surface area contributed by atoms with Gasteiger partial charge in [0.2, 0.25) is 0 Å². The smallest absolute Gasteiger partial charge is 0.340 e. The summed E-state index contributed by atoms with van der Waals surface area (Å²) in [5.74, 6) is 0.830. The van der Waals surface area contributed by atoms with E-state index in [1.165, 1.54) is 12.0 Å². The molecule has 0 spiro atoms. The molecule has 1 aliphatic rings. The van der Waals surface area contributed by atoms with Crippen LogP contribution in [0.25, 0.3) is 6.08 Å². The van der Waals surface area contributed by atoms with Crippen molar-refractivity contribution >= 4 is 23.6 Å². The van der Waals surface area contributed by atoms with Crippen molar-refractivity contribution in [3.63, 3.8) is 0 Å². The zero-order valence-corrected chi connectivity index (χ0v) is 20.6. The van der Waals surface area contributed by atoms with Gasteiger partial charge in [-0.05, 0) is 60.5 Å². The van der Waals surface area contributed by atoms with Crippen molar-refractivity contribution in [3.05, 3.63) is 101 Å². The predicted molar refractivity (Wildman–Crippen MR) is 137 cm³/mol. The Morgan fingerprint density at radius 2 is 1.61 bits per heavy atom. The van der Waals surface area contributed by atoms with E-state index in [0.717, 1.165) is 5.56 Å². The van der Waals surface area contributed by atoms with Crippen LogP contribution in [0.4, 0.5) is 5.69 Å². The topological polar surface area (TPSA) is 74.3 Å². The highest BCUT2D eigenvalue weighted by Gasteiger charge is 2.38. The number of ether oxygens (including phenoxy) is 4. The summed E-state index contributed by atoms with van der Waals surface area (Å²) in [6, 6.07) is 22.2. The van der Waals surface area contributed by atoms with Crippen LogP contribution in [0.2, 0.25) is 0 Å². The van der Waals surface area contributed by atoms with Crippen molar-refractivity contribution in [3.8, 4) is 17.2 Å². The van der Waals surface area contributed by atoms with Crippen molar-refractivity contribution in [1.29, 1.82) is 0 Å². The van der Waals surface area contributed by atoms with E-state index >= 15 is 0 Å². The minimum atomic E-state index is -0.585. The number of rotatable bonds is 8. The molecule has 1 amide bonds. The molecule has 0 fully saturated rings. The number of amides is 1. The molecule has 7 nitrogen and oxygen atoms in total. The quantitative estimate of drug-likeness (QED) is 0.324. The minimum Gasteiger partial charge on any atom is -0.497 e. The highest BCUT2D eigenvalue weighted by Crippen LogP contribution is 2.37. The lowest BCUT2D eigenvalue weighted by atomic mass is 10.0. The van der Waals surface area contributed by atoms with E-state index in [0.29, 0.717) is 40.8 Å². The predicted octanol–water partition coefficient (Wildman–Crippen LogP) is 5.16. The number of methoxy groups -OCH3 is 3. The molecule has 184 valence electrons. The molecule has 36 heavy (non-hydrogen) atoms. The molecular formula is C29H27NO6. The zero-order chi connectivity index (χ0) is 25.7. The largest absolute Gasteiger partial charge is 0.497 e. The van der Waals surface area contributed by atoms with Crippen LogP contribution in [0.1, 0.15) is 18.1 Å². The van der Waals surface area contributed by atoms with Crippen molar-refractivity contribution < 1.29 is 28.5 Å². The number of nitrogens with zero attached hydrogens (tertiary/aromatic N) is 1. The van der Waals surface area contributed by atoms with Crippen molar-refractivity contribution in [2.45, 2.75) is 13.5 Å². The molecule has 3 aromatic rings. The summed E-state index contributed by atoms with van der Waals surface area (Å²) in [7, 11) is 4.42. The van der Waals surface area contributed by atoms with Gasteiger partial charge in [0.25, 0.3) is 5.91 Å². The molecular weight excluding hydrogens is 458 g/mol. The van der Waals surface area contributed by atoms with Gasteiger partial charge in [0, 0.05) is 11.4 Å². The summed E-state index contributed by atoms with van der Waals surface area (Å²) in [6.07, 6.45) is 1.66. The number of benzene rings is 3. The monoisotopic (exact) mass is 485 g/mol. The van der Waals surface area contributed by atoms with E-state index in [4.69, 9.17) is 18.9 Å². The Morgan fingerprint density at radius 1 is 0.889 bits per heavy atom. The summed E-state index contributed by atoms with van der Waals surface area (Å²) in [6.45, 7) is 2.11. The highest BCUT2D eigenvalue weighted by molar-refractivity contribution is 6.23. The van der Waals surface area contributed by atoms with E-state index in [1.807, 2.05) is 36.4 Å². The van der Waals surface area contributed by atoms with Crippen LogP contribution in [-0.4, -0.2) is 33.2 Å². The molecule has 0 aliphatic carbocycles. The van der Waals surface area contributed by atoms with Crippen LogP contribution in [0.15, 0.2) is 89.6 Å². The Labute approximate surface area is 210 Å². The number of carbonyl (C=O) groups excluding carboxylic acids is 2. The zero-order valence-electron chi connectivity index (χ0n) is 20.6. The van der Waals surface area contributed by atoms with Gasteiger partial charge in [0.05, 0.1) is 32.5 Å². The number of hydrogen-bond acceptors (Lipinski definition) is 6. The fourth-order valence-corrected chi connectivity index (χ4v) is 4.02. The van der Waals surface area contributed by atoms with Gasteiger partial charge < -0.3 is 18.9 Å². The first kappa shape index (κ1) is 24.6. The molecule has 0 aromatic heterocycles. The number of esters is 1. The molecule has 0 bridgehead atoms. The third-order valence-corrected chi connectivity index (χ3v) is 5.86. The Hall–Kier alpha value is -4.52. The molecule has 4 rings (SSSR count). The second-order valence-electron chi connectivity index (χ2n) is 8.03. The lowest BCUT2D eigenvalue weighted by molar-refractivity contribution is -0.136. The van der Waals surface area contributed by atoms with Gasteiger partial charge in [-0.2, -0.15) is 0 Å². The van der Waals surface area contributed by atoms with E-state index < -0.39 is 5.97 Å². The Balaban J connectivity index is 1.67. The lowest BCUT2D eigenvalue weighted by Gasteiger charge is -2.18. The van der Waals surface area contributed by atoms with Gasteiger partial charge in [-0.1, -0.05) is 36.4 Å². The standard InChI is InChI=1S/C29H27NO6/c1-19-27(29(32)35-4)24(28(31)30(19)22-11-13-23(33-2)14-12-22)16-21-10-15-25(26(17-21)34-3)36-18-20-8-6-5-7-9-20/h5-17H,18H2,1-4H3/b24-16-. The first-order valence-electron chi connectivity index (χ1n) is 11.3. The Morgan fingerprint density at radius 3 is 2.25 bits per heavy atom. The van der Waals surface area contributed by atoms with Gasteiger partial charge in [-0.3, -0.25) is 9.69 Å².